The third kappa shape index (κ3) is 4.77. The summed E-state index contributed by atoms with van der Waals surface area (Å²) in [6.45, 7) is 7.30. The predicted octanol–water partition coefficient (Wildman–Crippen LogP) is 3.64. The Hall–Kier alpha value is -0.390. The van der Waals surface area contributed by atoms with Crippen molar-refractivity contribution in [1.82, 2.24) is 0 Å². The molecule has 1 aromatic rings. The molecule has 5 heteroatoms. The van der Waals surface area contributed by atoms with Crippen LogP contribution in [0.3, 0.4) is 0 Å². The van der Waals surface area contributed by atoms with E-state index in [0.717, 1.165) is 23.2 Å². The lowest BCUT2D eigenvalue weighted by molar-refractivity contribution is 0.0238. The Morgan fingerprint density at radius 2 is 2.18 bits per heavy atom. The van der Waals surface area contributed by atoms with Crippen LogP contribution in [-0.4, -0.2) is 31.0 Å². The highest BCUT2D eigenvalue weighted by Gasteiger charge is 2.21. The highest BCUT2D eigenvalue weighted by molar-refractivity contribution is 7.99. The Morgan fingerprint density at radius 1 is 1.41 bits per heavy atom. The minimum atomic E-state index is 0.0320. The van der Waals surface area contributed by atoms with Gasteiger partial charge in [-0.1, -0.05) is 20.8 Å². The zero-order valence-corrected chi connectivity index (χ0v) is 12.2. The van der Waals surface area contributed by atoms with E-state index in [0.29, 0.717) is 13.2 Å². The molecule has 1 aromatic heterocycles. The van der Waals surface area contributed by atoms with Crippen LogP contribution < -0.4 is 9.47 Å². The summed E-state index contributed by atoms with van der Waals surface area (Å²) in [7, 11) is 0. The normalized spacial score (nSPS) is 17.2. The van der Waals surface area contributed by atoms with Crippen molar-refractivity contribution in [3.05, 3.63) is 10.8 Å². The van der Waals surface area contributed by atoms with Crippen LogP contribution in [0, 0.1) is 0 Å². The van der Waals surface area contributed by atoms with Crippen molar-refractivity contribution in [3.63, 3.8) is 0 Å². The van der Waals surface area contributed by atoms with Crippen LogP contribution in [0.15, 0.2) is 10.8 Å². The molecule has 3 nitrogen and oxygen atoms in total. The second-order valence-electron chi connectivity index (χ2n) is 3.13. The Bertz CT molecular complexity index is 302. The fraction of sp³-hybridized carbons (Fsp3) is 0.667. The summed E-state index contributed by atoms with van der Waals surface area (Å²) >= 11 is 3.36. The topological polar surface area (TPSA) is 27.7 Å². The van der Waals surface area contributed by atoms with Crippen molar-refractivity contribution < 1.29 is 14.2 Å². The lowest BCUT2D eigenvalue weighted by atomic mass is 10.3. The number of hydrogen-bond donors (Lipinski definition) is 0. The van der Waals surface area contributed by atoms with Gasteiger partial charge in [-0.15, -0.1) is 23.1 Å². The maximum absolute atomic E-state index is 5.70. The Morgan fingerprint density at radius 3 is 2.94 bits per heavy atom. The minimum absolute atomic E-state index is 0.0320. The molecule has 2 rings (SSSR count). The maximum Gasteiger partial charge on any atom is 0.172 e. The molecule has 0 amide bonds. The molecular weight excluding hydrogens is 256 g/mol. The van der Waals surface area contributed by atoms with Gasteiger partial charge in [0.1, 0.15) is 6.61 Å². The Balaban J connectivity index is 0.000000686. The summed E-state index contributed by atoms with van der Waals surface area (Å²) in [4.78, 5) is 0. The molecule has 1 aliphatic rings. The van der Waals surface area contributed by atoms with Gasteiger partial charge in [-0.3, -0.25) is 0 Å². The van der Waals surface area contributed by atoms with Gasteiger partial charge < -0.3 is 14.2 Å². The number of hydrogen-bond acceptors (Lipinski definition) is 5. The first-order valence-corrected chi connectivity index (χ1v) is 8.01. The standard InChI is InChI=1S/C10H14O3S2.C2H6/c1-2-14-7-11-3-8-4-12-9-5-15-6-10(9)13-8;1-2/h5-6,8H,2-4,7H2,1H3;1-2H3. The van der Waals surface area contributed by atoms with E-state index in [1.165, 1.54) is 0 Å². The Kier molecular flexibility index (Phi) is 7.48. The molecule has 17 heavy (non-hydrogen) atoms. The molecule has 0 fully saturated rings. The van der Waals surface area contributed by atoms with Crippen LogP contribution >= 0.6 is 23.1 Å². The molecule has 0 saturated carbocycles. The molecule has 0 N–H and O–H groups in total. The van der Waals surface area contributed by atoms with Crippen molar-refractivity contribution in [1.29, 1.82) is 0 Å². The molecule has 0 radical (unpaired) electrons. The molecule has 2 heterocycles. The monoisotopic (exact) mass is 276 g/mol. The molecule has 0 bridgehead atoms. The number of thioether (sulfide) groups is 1. The smallest absolute Gasteiger partial charge is 0.172 e. The molecule has 98 valence electrons. The quantitative estimate of drug-likeness (QED) is 0.606. The van der Waals surface area contributed by atoms with Gasteiger partial charge in [0.25, 0.3) is 0 Å². The van der Waals surface area contributed by atoms with Crippen molar-refractivity contribution in [2.75, 3.05) is 24.9 Å². The molecule has 1 aliphatic heterocycles. The number of ether oxygens (including phenoxy) is 3. The third-order valence-electron chi connectivity index (χ3n) is 1.99. The highest BCUT2D eigenvalue weighted by Crippen LogP contribution is 2.35. The van der Waals surface area contributed by atoms with Crippen molar-refractivity contribution in [2.45, 2.75) is 26.9 Å². The molecule has 1 unspecified atom stereocenters. The largest absolute Gasteiger partial charge is 0.485 e. The lowest BCUT2D eigenvalue weighted by Gasteiger charge is -2.24. The van der Waals surface area contributed by atoms with E-state index in [9.17, 15) is 0 Å². The summed E-state index contributed by atoms with van der Waals surface area (Å²) in [6, 6.07) is 0. The van der Waals surface area contributed by atoms with Crippen LogP contribution in [-0.2, 0) is 4.74 Å². The molecule has 0 spiro atoms. The fourth-order valence-corrected chi connectivity index (χ4v) is 2.32. The summed E-state index contributed by atoms with van der Waals surface area (Å²) in [5.74, 6) is 3.52. The van der Waals surface area contributed by atoms with Gasteiger partial charge in [-0.2, -0.15) is 0 Å². The van der Waals surface area contributed by atoms with Gasteiger partial charge in [-0.05, 0) is 5.75 Å². The van der Waals surface area contributed by atoms with Gasteiger partial charge in [0.15, 0.2) is 17.6 Å². The highest BCUT2D eigenvalue weighted by atomic mass is 32.2. The second-order valence-corrected chi connectivity index (χ2v) is 5.10. The van der Waals surface area contributed by atoms with E-state index < -0.39 is 0 Å². The number of thiophene rings is 1. The van der Waals surface area contributed by atoms with Crippen LogP contribution in [0.25, 0.3) is 0 Å². The van der Waals surface area contributed by atoms with Crippen LogP contribution in [0.4, 0.5) is 0 Å². The van der Waals surface area contributed by atoms with Crippen molar-refractivity contribution >= 4 is 23.1 Å². The van der Waals surface area contributed by atoms with E-state index in [2.05, 4.69) is 6.92 Å². The predicted molar refractivity (Wildman–Crippen MR) is 74.5 cm³/mol. The summed E-state index contributed by atoms with van der Waals surface area (Å²) in [6.07, 6.45) is 0.0320. The van der Waals surface area contributed by atoms with Gasteiger partial charge in [0, 0.05) is 10.8 Å². The molecular formula is C12H20O3S2. The molecule has 0 aromatic carbocycles. The first kappa shape index (κ1) is 14.7. The number of fused-ring (bicyclic) bond motifs is 1. The lowest BCUT2D eigenvalue weighted by Crippen LogP contribution is -2.32. The van der Waals surface area contributed by atoms with Crippen molar-refractivity contribution in [3.8, 4) is 11.5 Å². The summed E-state index contributed by atoms with van der Waals surface area (Å²) < 4.78 is 16.7. The van der Waals surface area contributed by atoms with Crippen LogP contribution in [0.1, 0.15) is 20.8 Å². The van der Waals surface area contributed by atoms with Crippen molar-refractivity contribution in [2.24, 2.45) is 0 Å². The van der Waals surface area contributed by atoms with E-state index in [-0.39, 0.29) is 6.10 Å². The zero-order chi connectivity index (χ0) is 12.5. The van der Waals surface area contributed by atoms with E-state index >= 15 is 0 Å². The first-order chi connectivity index (χ1) is 8.40. The molecule has 0 aliphatic carbocycles. The van der Waals surface area contributed by atoms with Crippen LogP contribution in [0.2, 0.25) is 0 Å². The molecule has 0 saturated heterocycles. The van der Waals surface area contributed by atoms with Gasteiger partial charge in [0.05, 0.1) is 12.5 Å². The Labute approximate surface area is 111 Å². The SMILES string of the molecule is CC.CCSCOCC1COc2cscc2O1. The van der Waals surface area contributed by atoms with E-state index in [1.807, 2.05) is 24.6 Å². The number of rotatable bonds is 5. The molecule has 1 atom stereocenters. The minimum Gasteiger partial charge on any atom is -0.485 e. The zero-order valence-electron chi connectivity index (χ0n) is 10.6. The third-order valence-corrected chi connectivity index (χ3v) is 3.43. The van der Waals surface area contributed by atoms with Crippen LogP contribution in [0.5, 0.6) is 11.5 Å². The van der Waals surface area contributed by atoms with E-state index in [4.69, 9.17) is 14.2 Å². The summed E-state index contributed by atoms with van der Waals surface area (Å²) in [5, 5.41) is 3.92. The fourth-order valence-electron chi connectivity index (χ4n) is 1.27. The van der Waals surface area contributed by atoms with Gasteiger partial charge in [-0.25, -0.2) is 0 Å². The van der Waals surface area contributed by atoms with E-state index in [1.54, 1.807) is 23.1 Å². The average Bonchev–Trinajstić information content (AvgIpc) is 2.84. The summed E-state index contributed by atoms with van der Waals surface area (Å²) in [5.41, 5.74) is 0. The first-order valence-electron chi connectivity index (χ1n) is 5.91. The van der Waals surface area contributed by atoms with Gasteiger partial charge in [0.2, 0.25) is 0 Å². The van der Waals surface area contributed by atoms with Gasteiger partial charge >= 0.3 is 0 Å². The maximum atomic E-state index is 5.70. The average molecular weight is 276 g/mol. The second kappa shape index (κ2) is 8.66.